The Morgan fingerprint density at radius 1 is 1.50 bits per heavy atom. The van der Waals surface area contributed by atoms with Crippen LogP contribution in [-0.2, 0) is 15.8 Å². The van der Waals surface area contributed by atoms with Gasteiger partial charge in [-0.25, -0.2) is 9.97 Å². The summed E-state index contributed by atoms with van der Waals surface area (Å²) < 4.78 is 17.7. The largest absolute Gasteiger partial charge is 0.394 e. The van der Waals surface area contributed by atoms with Crippen molar-refractivity contribution in [3.05, 3.63) is 17.3 Å². The number of fused-ring (bicyclic) bond motifs is 1. The molecular weight excluding hydrogens is 307 g/mol. The van der Waals surface area contributed by atoms with E-state index in [1.165, 1.54) is 12.7 Å². The van der Waals surface area contributed by atoms with Gasteiger partial charge in [-0.15, -0.1) is 0 Å². The Morgan fingerprint density at radius 2 is 2.25 bits per heavy atom. The molecule has 0 radical (unpaired) electrons. The summed E-state index contributed by atoms with van der Waals surface area (Å²) in [6.07, 6.45) is 1.40. The van der Waals surface area contributed by atoms with Crippen molar-refractivity contribution in [3.63, 3.8) is 0 Å². The summed E-state index contributed by atoms with van der Waals surface area (Å²) in [5.41, 5.74) is 1.11. The van der Waals surface area contributed by atoms with Gasteiger partial charge in [0.1, 0.15) is 17.5 Å². The standard InChI is InChI=1S/C9H13N4O5PS/c14-2-6(18-5-19(15,16)17)1-13-4-12-7-8(13)10-3-11-9(7)20/h3-4,6,14H,1-2,5H2,(H,10,11,20)(H2,15,16,17). The van der Waals surface area contributed by atoms with Crippen LogP contribution in [0.1, 0.15) is 0 Å². The second-order valence-corrected chi connectivity index (χ2v) is 6.04. The van der Waals surface area contributed by atoms with Crippen LogP contribution in [0.4, 0.5) is 0 Å². The quantitative estimate of drug-likeness (QED) is 0.432. The first-order valence-corrected chi connectivity index (χ1v) is 7.77. The van der Waals surface area contributed by atoms with Crippen molar-refractivity contribution < 1.29 is 24.2 Å². The van der Waals surface area contributed by atoms with Gasteiger partial charge in [-0.2, -0.15) is 0 Å². The van der Waals surface area contributed by atoms with Crippen molar-refractivity contribution in [2.75, 3.05) is 13.0 Å². The van der Waals surface area contributed by atoms with Gasteiger partial charge in [0, 0.05) is 0 Å². The lowest BCUT2D eigenvalue weighted by Crippen LogP contribution is -2.24. The first-order valence-electron chi connectivity index (χ1n) is 5.56. The number of aliphatic hydroxyl groups excluding tert-OH is 1. The molecular formula is C9H13N4O5PS. The Morgan fingerprint density at radius 3 is 2.90 bits per heavy atom. The molecule has 0 amide bonds. The van der Waals surface area contributed by atoms with Gasteiger partial charge in [0.15, 0.2) is 4.64 Å². The molecule has 1 atom stereocenters. The molecule has 2 aromatic rings. The van der Waals surface area contributed by atoms with E-state index in [1.807, 2.05) is 0 Å². The summed E-state index contributed by atoms with van der Waals surface area (Å²) >= 11 is 5.02. The zero-order valence-electron chi connectivity index (χ0n) is 10.2. The molecule has 2 aromatic heterocycles. The highest BCUT2D eigenvalue weighted by Gasteiger charge is 2.18. The van der Waals surface area contributed by atoms with Crippen molar-refractivity contribution in [3.8, 4) is 0 Å². The van der Waals surface area contributed by atoms with Gasteiger partial charge in [0.05, 0.1) is 31.9 Å². The minimum Gasteiger partial charge on any atom is -0.394 e. The molecule has 4 N–H and O–H groups in total. The van der Waals surface area contributed by atoms with E-state index in [9.17, 15) is 9.67 Å². The molecule has 2 heterocycles. The van der Waals surface area contributed by atoms with Crippen LogP contribution < -0.4 is 0 Å². The van der Waals surface area contributed by atoms with Crippen LogP contribution in [0.2, 0.25) is 0 Å². The first-order chi connectivity index (χ1) is 9.40. The lowest BCUT2D eigenvalue weighted by atomic mass is 10.3. The molecule has 0 saturated carbocycles. The molecule has 0 aliphatic rings. The van der Waals surface area contributed by atoms with Crippen molar-refractivity contribution in [2.45, 2.75) is 12.6 Å². The molecule has 2 rings (SSSR count). The van der Waals surface area contributed by atoms with E-state index in [-0.39, 0.29) is 13.2 Å². The molecule has 9 nitrogen and oxygen atoms in total. The Bertz CT molecular complexity index is 695. The third kappa shape index (κ3) is 3.69. The monoisotopic (exact) mass is 320 g/mol. The predicted octanol–water partition coefficient (Wildman–Crippen LogP) is 0.00159. The van der Waals surface area contributed by atoms with Crippen LogP contribution in [0.25, 0.3) is 11.2 Å². The zero-order chi connectivity index (χ0) is 14.8. The van der Waals surface area contributed by atoms with E-state index in [2.05, 4.69) is 15.0 Å². The lowest BCUT2D eigenvalue weighted by molar-refractivity contribution is 0.0202. The summed E-state index contributed by atoms with van der Waals surface area (Å²) in [5, 5.41) is 9.19. The minimum atomic E-state index is -4.27. The minimum absolute atomic E-state index is 0.169. The molecule has 0 fully saturated rings. The molecule has 110 valence electrons. The molecule has 0 aliphatic carbocycles. The van der Waals surface area contributed by atoms with E-state index in [0.29, 0.717) is 15.8 Å². The van der Waals surface area contributed by atoms with Crippen LogP contribution in [0.15, 0.2) is 12.7 Å². The molecule has 0 spiro atoms. The number of nitrogens with zero attached hydrogens (tertiary/aromatic N) is 3. The molecule has 1 unspecified atom stereocenters. The number of aromatic nitrogens is 4. The van der Waals surface area contributed by atoms with Crippen LogP contribution in [0.3, 0.4) is 0 Å². The van der Waals surface area contributed by atoms with Crippen molar-refractivity contribution in [1.82, 2.24) is 19.5 Å². The molecule has 0 aromatic carbocycles. The highest BCUT2D eigenvalue weighted by Crippen LogP contribution is 2.34. The number of hydrogen-bond acceptors (Lipinski definition) is 6. The molecule has 20 heavy (non-hydrogen) atoms. The van der Waals surface area contributed by atoms with Gasteiger partial charge in [-0.05, 0) is 0 Å². The topological polar surface area (TPSA) is 133 Å². The van der Waals surface area contributed by atoms with Crippen LogP contribution >= 0.6 is 19.8 Å². The lowest BCUT2D eigenvalue weighted by Gasteiger charge is -2.16. The van der Waals surface area contributed by atoms with Crippen LogP contribution in [0.5, 0.6) is 0 Å². The number of rotatable bonds is 6. The second kappa shape index (κ2) is 6.08. The maximum Gasteiger partial charge on any atom is 0.350 e. The van der Waals surface area contributed by atoms with Crippen molar-refractivity contribution in [1.29, 1.82) is 0 Å². The summed E-state index contributed by atoms with van der Waals surface area (Å²) in [6.45, 7) is -0.215. The van der Waals surface area contributed by atoms with Crippen molar-refractivity contribution in [2.24, 2.45) is 0 Å². The molecule has 11 heteroatoms. The smallest absolute Gasteiger partial charge is 0.350 e. The maximum atomic E-state index is 10.8. The van der Waals surface area contributed by atoms with E-state index >= 15 is 0 Å². The van der Waals surface area contributed by atoms with Gasteiger partial charge in [0.2, 0.25) is 0 Å². The van der Waals surface area contributed by atoms with Gasteiger partial charge in [-0.1, -0.05) is 12.2 Å². The highest BCUT2D eigenvalue weighted by molar-refractivity contribution is 7.71. The fourth-order valence-corrected chi connectivity index (χ4v) is 2.23. The summed E-state index contributed by atoms with van der Waals surface area (Å²) in [4.78, 5) is 28.4. The summed E-state index contributed by atoms with van der Waals surface area (Å²) in [5.74, 6) is 0. The van der Waals surface area contributed by atoms with Gasteiger partial charge in [0.25, 0.3) is 0 Å². The SMILES string of the molecule is O=P(O)(O)COC(CO)Cn1cnc2c(=S)nc[nH]c21. The van der Waals surface area contributed by atoms with Gasteiger partial charge in [-0.3, -0.25) is 4.57 Å². The average molecular weight is 320 g/mol. The Kier molecular flexibility index (Phi) is 4.63. The van der Waals surface area contributed by atoms with Crippen LogP contribution in [-0.4, -0.2) is 53.5 Å². The number of nitrogens with one attached hydrogen (secondary N) is 1. The predicted molar refractivity (Wildman–Crippen MR) is 71.6 cm³/mol. The summed E-state index contributed by atoms with van der Waals surface area (Å²) in [6, 6.07) is 0. The number of hydrogen-bond donors (Lipinski definition) is 4. The van der Waals surface area contributed by atoms with E-state index in [1.54, 1.807) is 4.57 Å². The number of ether oxygens (including phenoxy) is 1. The molecule has 0 aliphatic heterocycles. The third-order valence-corrected chi connectivity index (χ3v) is 3.29. The Hall–Kier alpha value is -1.16. The normalized spacial score (nSPS) is 13.8. The van der Waals surface area contributed by atoms with E-state index in [4.69, 9.17) is 26.7 Å². The van der Waals surface area contributed by atoms with Crippen LogP contribution in [0, 0.1) is 4.64 Å². The van der Waals surface area contributed by atoms with Gasteiger partial charge < -0.3 is 29.2 Å². The average Bonchev–Trinajstić information content (AvgIpc) is 2.78. The van der Waals surface area contributed by atoms with Crippen molar-refractivity contribution >= 4 is 31.0 Å². The van der Waals surface area contributed by atoms with Gasteiger partial charge >= 0.3 is 7.60 Å². The third-order valence-electron chi connectivity index (χ3n) is 2.51. The number of H-pyrrole nitrogens is 1. The fraction of sp³-hybridized carbons (Fsp3) is 0.444. The second-order valence-electron chi connectivity index (χ2n) is 4.07. The first kappa shape index (κ1) is 15.2. The van der Waals surface area contributed by atoms with E-state index < -0.39 is 20.0 Å². The van der Waals surface area contributed by atoms with E-state index in [0.717, 1.165) is 0 Å². The number of aromatic amines is 1. The molecule has 0 bridgehead atoms. The zero-order valence-corrected chi connectivity index (χ0v) is 11.9. The highest BCUT2D eigenvalue weighted by atomic mass is 32.1. The Balaban J connectivity index is 2.16. The molecule has 0 saturated heterocycles. The summed E-state index contributed by atoms with van der Waals surface area (Å²) in [7, 11) is -4.27. The fourth-order valence-electron chi connectivity index (χ4n) is 1.63. The number of imidazole rings is 1. The maximum absolute atomic E-state index is 10.8. The number of aliphatic hydroxyl groups is 1. The Labute approximate surface area is 118 Å².